The van der Waals surface area contributed by atoms with Crippen LogP contribution in [0.4, 0.5) is 0 Å². The van der Waals surface area contributed by atoms with Gasteiger partial charge < -0.3 is 0 Å². The average molecular weight is 296 g/mol. The number of allylic oxidation sites excluding steroid dienone is 4. The summed E-state index contributed by atoms with van der Waals surface area (Å²) in [6.07, 6.45) is 5.41. The molecule has 0 N–H and O–H groups in total. The molecule has 1 saturated carbocycles. The van der Waals surface area contributed by atoms with Crippen molar-refractivity contribution >= 4 is 25.2 Å². The lowest BCUT2D eigenvalue weighted by Gasteiger charge is -2.15. The maximum absolute atomic E-state index is 11.9. The summed E-state index contributed by atoms with van der Waals surface area (Å²) in [5, 5.41) is 0. The summed E-state index contributed by atoms with van der Waals surface area (Å²) in [6.45, 7) is 7.28. The summed E-state index contributed by atoms with van der Waals surface area (Å²) in [4.78, 5) is 23.3. The predicted octanol–water partition coefficient (Wildman–Crippen LogP) is 3.97. The van der Waals surface area contributed by atoms with E-state index >= 15 is 0 Å². The predicted molar refractivity (Wildman–Crippen MR) is 88.0 cm³/mol. The molecule has 1 fully saturated rings. The Labute approximate surface area is 126 Å². The first kappa shape index (κ1) is 14.2. The van der Waals surface area contributed by atoms with E-state index in [9.17, 15) is 9.59 Å². The average Bonchev–Trinajstić information content (AvgIpc) is 3.22. The smallest absolute Gasteiger partial charge is 0.186 e. The number of hydrogen-bond acceptors (Lipinski definition) is 2. The number of carbonyl (C=O) groups excluding carboxylic acids is 2. The first-order chi connectivity index (χ1) is 9.86. The summed E-state index contributed by atoms with van der Waals surface area (Å²) in [5.41, 5.74) is 3.60. The van der Waals surface area contributed by atoms with Crippen LogP contribution in [0.1, 0.15) is 23.5 Å². The van der Waals surface area contributed by atoms with Gasteiger partial charge in [0.15, 0.2) is 11.6 Å². The Bertz CT molecular complexity index is 659. The monoisotopic (exact) mass is 296 g/mol. The molecule has 2 nitrogen and oxygen atoms in total. The first-order valence-corrected chi connectivity index (χ1v) is 11.0. The molecule has 0 spiro atoms. The van der Waals surface area contributed by atoms with Crippen molar-refractivity contribution in [3.05, 3.63) is 53.6 Å². The van der Waals surface area contributed by atoms with E-state index in [1.54, 1.807) is 0 Å². The molecule has 0 heterocycles. The third-order valence-corrected chi connectivity index (χ3v) is 7.37. The SMILES string of the molecule is C[Si](C)(C)[C@@H]1CC1c1ccc(C2=CC(=O)C=CC2=O)cc1. The van der Waals surface area contributed by atoms with E-state index in [1.807, 2.05) is 12.1 Å². The highest BCUT2D eigenvalue weighted by Gasteiger charge is 2.46. The molecule has 0 aliphatic heterocycles. The van der Waals surface area contributed by atoms with Crippen LogP contribution in [-0.4, -0.2) is 19.6 Å². The molecule has 0 amide bonds. The van der Waals surface area contributed by atoms with Gasteiger partial charge in [0.25, 0.3) is 0 Å². The normalized spacial score (nSPS) is 25.0. The van der Waals surface area contributed by atoms with Crippen molar-refractivity contribution in [2.45, 2.75) is 37.5 Å². The van der Waals surface area contributed by atoms with Crippen LogP contribution < -0.4 is 0 Å². The van der Waals surface area contributed by atoms with Crippen LogP contribution in [0.25, 0.3) is 5.57 Å². The van der Waals surface area contributed by atoms with E-state index in [-0.39, 0.29) is 11.6 Å². The van der Waals surface area contributed by atoms with E-state index in [2.05, 4.69) is 31.8 Å². The molecular weight excluding hydrogens is 276 g/mol. The lowest BCUT2D eigenvalue weighted by Crippen LogP contribution is -2.20. The third kappa shape index (κ3) is 2.83. The number of carbonyl (C=O) groups is 2. The van der Waals surface area contributed by atoms with Crippen molar-refractivity contribution in [2.24, 2.45) is 0 Å². The molecular formula is C18H20O2Si. The maximum atomic E-state index is 11.9. The minimum absolute atomic E-state index is 0.0891. The molecule has 1 unspecified atom stereocenters. The highest BCUT2D eigenvalue weighted by molar-refractivity contribution is 6.78. The van der Waals surface area contributed by atoms with Crippen LogP contribution in [-0.2, 0) is 9.59 Å². The number of hydrogen-bond donors (Lipinski definition) is 0. The number of benzene rings is 1. The van der Waals surface area contributed by atoms with Gasteiger partial charge in [-0.2, -0.15) is 0 Å². The van der Waals surface area contributed by atoms with Gasteiger partial charge in [-0.25, -0.2) is 0 Å². The van der Waals surface area contributed by atoms with E-state index in [0.717, 1.165) is 11.1 Å². The molecule has 0 bridgehead atoms. The Balaban J connectivity index is 1.80. The molecule has 0 aromatic heterocycles. The Hall–Kier alpha value is -1.74. The van der Waals surface area contributed by atoms with Gasteiger partial charge >= 0.3 is 0 Å². The van der Waals surface area contributed by atoms with Crippen molar-refractivity contribution < 1.29 is 9.59 Å². The zero-order valence-corrected chi connectivity index (χ0v) is 13.7. The summed E-state index contributed by atoms with van der Waals surface area (Å²) < 4.78 is 0. The van der Waals surface area contributed by atoms with Crippen molar-refractivity contribution in [1.29, 1.82) is 0 Å². The van der Waals surface area contributed by atoms with Crippen LogP contribution in [0.15, 0.2) is 42.5 Å². The lowest BCUT2D eigenvalue weighted by atomic mass is 9.95. The van der Waals surface area contributed by atoms with Gasteiger partial charge in [0.1, 0.15) is 0 Å². The van der Waals surface area contributed by atoms with E-state index < -0.39 is 8.07 Å². The molecule has 21 heavy (non-hydrogen) atoms. The second-order valence-corrected chi connectivity index (χ2v) is 12.6. The van der Waals surface area contributed by atoms with E-state index in [1.165, 1.54) is 30.2 Å². The largest absolute Gasteiger partial charge is 0.290 e. The molecule has 3 rings (SSSR count). The molecule has 0 radical (unpaired) electrons. The van der Waals surface area contributed by atoms with Crippen molar-refractivity contribution in [1.82, 2.24) is 0 Å². The summed E-state index contributed by atoms with van der Waals surface area (Å²) >= 11 is 0. The van der Waals surface area contributed by atoms with Gasteiger partial charge in [-0.05, 0) is 47.2 Å². The molecule has 0 saturated heterocycles. The lowest BCUT2D eigenvalue weighted by molar-refractivity contribution is -0.113. The van der Waals surface area contributed by atoms with Crippen LogP contribution in [0.3, 0.4) is 0 Å². The minimum Gasteiger partial charge on any atom is -0.290 e. The molecule has 3 heteroatoms. The van der Waals surface area contributed by atoms with Crippen LogP contribution in [0, 0.1) is 0 Å². The zero-order valence-electron chi connectivity index (χ0n) is 12.7. The topological polar surface area (TPSA) is 34.1 Å². The highest BCUT2D eigenvalue weighted by Crippen LogP contribution is 2.58. The Kier molecular flexibility index (Phi) is 3.33. The molecule has 1 aromatic rings. The summed E-state index contributed by atoms with van der Waals surface area (Å²) in [7, 11) is -1.05. The Morgan fingerprint density at radius 3 is 2.24 bits per heavy atom. The van der Waals surface area contributed by atoms with Gasteiger partial charge in [0.05, 0.1) is 0 Å². The van der Waals surface area contributed by atoms with Crippen molar-refractivity contribution in [3.8, 4) is 0 Å². The molecule has 108 valence electrons. The molecule has 2 aliphatic carbocycles. The second kappa shape index (κ2) is 4.92. The van der Waals surface area contributed by atoms with Crippen LogP contribution >= 0.6 is 0 Å². The van der Waals surface area contributed by atoms with Gasteiger partial charge in [-0.1, -0.05) is 43.9 Å². The molecule has 1 aromatic carbocycles. The van der Waals surface area contributed by atoms with Crippen molar-refractivity contribution in [2.75, 3.05) is 0 Å². The molecule has 2 aliphatic rings. The second-order valence-electron chi connectivity index (χ2n) is 7.09. The van der Waals surface area contributed by atoms with Crippen molar-refractivity contribution in [3.63, 3.8) is 0 Å². The first-order valence-electron chi connectivity index (χ1n) is 7.44. The van der Waals surface area contributed by atoms with E-state index in [0.29, 0.717) is 11.5 Å². The Morgan fingerprint density at radius 1 is 1.00 bits per heavy atom. The summed E-state index contributed by atoms with van der Waals surface area (Å²) in [5.74, 6) is 0.492. The minimum atomic E-state index is -1.05. The highest BCUT2D eigenvalue weighted by atomic mass is 28.3. The molecule has 2 atom stereocenters. The number of rotatable bonds is 3. The van der Waals surface area contributed by atoms with Gasteiger partial charge in [0, 0.05) is 13.6 Å². The number of ketones is 2. The fourth-order valence-electron chi connectivity index (χ4n) is 3.17. The third-order valence-electron chi connectivity index (χ3n) is 4.50. The quantitative estimate of drug-likeness (QED) is 0.624. The maximum Gasteiger partial charge on any atom is 0.186 e. The zero-order chi connectivity index (χ0) is 15.2. The summed E-state index contributed by atoms with van der Waals surface area (Å²) in [6, 6.07) is 8.20. The van der Waals surface area contributed by atoms with Crippen LogP contribution in [0.2, 0.25) is 25.2 Å². The van der Waals surface area contributed by atoms with Gasteiger partial charge in [-0.3, -0.25) is 9.59 Å². The Morgan fingerprint density at radius 2 is 1.67 bits per heavy atom. The van der Waals surface area contributed by atoms with E-state index in [4.69, 9.17) is 0 Å². The van der Waals surface area contributed by atoms with Gasteiger partial charge in [-0.15, -0.1) is 0 Å². The standard InChI is InChI=1S/C18H20O2Si/c1-21(2,3)18-11-16(18)13-6-4-12(5-7-13)15-10-14(19)8-9-17(15)20/h4-10,16,18H,11H2,1-3H3/t16?,18-/m1/s1. The van der Waals surface area contributed by atoms with Gasteiger partial charge in [0.2, 0.25) is 0 Å². The fourth-order valence-corrected chi connectivity index (χ4v) is 5.53. The fraction of sp³-hybridized carbons (Fsp3) is 0.333. The van der Waals surface area contributed by atoms with Crippen LogP contribution in [0.5, 0.6) is 0 Å².